The highest BCUT2D eigenvalue weighted by Crippen LogP contribution is 2.36. The SMILES string of the molecule is CNC(=O)CN1[C@@H]2CCC[C@H]1CC(Nc1nc(Nc3cc(C)[nH]n3)cc3ncccc13)C2. The largest absolute Gasteiger partial charge is 0.367 e. The number of amides is 1. The first kappa shape index (κ1) is 20.7. The van der Waals surface area contributed by atoms with Gasteiger partial charge in [0.15, 0.2) is 5.82 Å². The van der Waals surface area contributed by atoms with E-state index < -0.39 is 0 Å². The Balaban J connectivity index is 1.38. The lowest BCUT2D eigenvalue weighted by molar-refractivity contribution is -0.124. The molecule has 1 unspecified atom stereocenters. The number of aromatic nitrogens is 4. The monoisotopic (exact) mass is 434 g/mol. The summed E-state index contributed by atoms with van der Waals surface area (Å²) < 4.78 is 0. The average molecular weight is 435 g/mol. The zero-order valence-corrected chi connectivity index (χ0v) is 18.6. The molecule has 32 heavy (non-hydrogen) atoms. The Labute approximate surface area is 187 Å². The molecule has 0 spiro atoms. The highest BCUT2D eigenvalue weighted by molar-refractivity contribution is 5.91. The molecule has 2 aliphatic rings. The van der Waals surface area contributed by atoms with Gasteiger partial charge in [-0.1, -0.05) is 6.42 Å². The molecule has 3 atom stereocenters. The third-order valence-corrected chi connectivity index (χ3v) is 6.63. The number of aryl methyl sites for hydroxylation is 1. The fourth-order valence-electron chi connectivity index (χ4n) is 5.16. The number of H-pyrrole nitrogens is 1. The summed E-state index contributed by atoms with van der Waals surface area (Å²) in [6.07, 6.45) is 7.33. The highest BCUT2D eigenvalue weighted by atomic mass is 16.1. The number of likely N-dealkylation sites (N-methyl/N-ethyl adjacent to an activating group) is 1. The van der Waals surface area contributed by atoms with Gasteiger partial charge in [-0.3, -0.25) is 19.8 Å². The van der Waals surface area contributed by atoms with Crippen molar-refractivity contribution in [2.75, 3.05) is 24.2 Å². The van der Waals surface area contributed by atoms with Crippen molar-refractivity contribution in [3.8, 4) is 0 Å². The predicted octanol–water partition coefficient (Wildman–Crippen LogP) is 2.95. The van der Waals surface area contributed by atoms with Crippen LogP contribution in [0.5, 0.6) is 0 Å². The molecule has 2 saturated heterocycles. The first-order chi connectivity index (χ1) is 15.6. The van der Waals surface area contributed by atoms with Crippen LogP contribution in [0.25, 0.3) is 10.9 Å². The molecular weight excluding hydrogens is 404 g/mol. The maximum atomic E-state index is 12.0. The third kappa shape index (κ3) is 4.25. The smallest absolute Gasteiger partial charge is 0.233 e. The molecule has 2 bridgehead atoms. The van der Waals surface area contributed by atoms with Crippen molar-refractivity contribution in [3.05, 3.63) is 36.2 Å². The minimum Gasteiger partial charge on any atom is -0.367 e. The lowest BCUT2D eigenvalue weighted by Crippen LogP contribution is -2.57. The van der Waals surface area contributed by atoms with E-state index in [1.807, 2.05) is 25.1 Å². The highest BCUT2D eigenvalue weighted by Gasteiger charge is 2.39. The zero-order valence-electron chi connectivity index (χ0n) is 18.6. The van der Waals surface area contributed by atoms with Crippen molar-refractivity contribution < 1.29 is 4.79 Å². The Bertz CT molecular complexity index is 1100. The van der Waals surface area contributed by atoms with Gasteiger partial charge >= 0.3 is 0 Å². The molecule has 5 rings (SSSR count). The third-order valence-electron chi connectivity index (χ3n) is 6.63. The van der Waals surface area contributed by atoms with Crippen molar-refractivity contribution in [2.45, 2.75) is 57.2 Å². The molecule has 2 fully saturated rings. The summed E-state index contributed by atoms with van der Waals surface area (Å²) in [6.45, 7) is 2.46. The summed E-state index contributed by atoms with van der Waals surface area (Å²) in [5, 5.41) is 18.0. The van der Waals surface area contributed by atoms with Gasteiger partial charge in [0, 0.05) is 54.6 Å². The van der Waals surface area contributed by atoms with E-state index in [-0.39, 0.29) is 5.91 Å². The van der Waals surface area contributed by atoms with Crippen LogP contribution in [0.15, 0.2) is 30.5 Å². The number of pyridine rings is 2. The van der Waals surface area contributed by atoms with Crippen LogP contribution < -0.4 is 16.0 Å². The fraction of sp³-hybridized carbons (Fsp3) is 0.478. The van der Waals surface area contributed by atoms with E-state index in [4.69, 9.17) is 4.98 Å². The molecular formula is C23H30N8O. The quantitative estimate of drug-likeness (QED) is 0.472. The zero-order chi connectivity index (χ0) is 22.1. The molecule has 4 N–H and O–H groups in total. The van der Waals surface area contributed by atoms with Crippen molar-refractivity contribution in [3.63, 3.8) is 0 Å². The molecule has 0 aromatic carbocycles. The van der Waals surface area contributed by atoms with E-state index in [1.54, 1.807) is 13.2 Å². The number of nitrogens with zero attached hydrogens (tertiary/aromatic N) is 4. The van der Waals surface area contributed by atoms with Gasteiger partial charge in [-0.2, -0.15) is 5.10 Å². The van der Waals surface area contributed by atoms with Crippen LogP contribution in [0.2, 0.25) is 0 Å². The molecule has 3 aromatic rings. The number of piperidine rings is 2. The molecule has 0 aliphatic carbocycles. The Hall–Kier alpha value is -3.20. The molecule has 5 heterocycles. The molecule has 2 aliphatic heterocycles. The fourth-order valence-corrected chi connectivity index (χ4v) is 5.16. The number of aromatic amines is 1. The molecule has 3 aromatic heterocycles. The van der Waals surface area contributed by atoms with Crippen LogP contribution in [0.1, 0.15) is 37.8 Å². The van der Waals surface area contributed by atoms with Gasteiger partial charge < -0.3 is 16.0 Å². The van der Waals surface area contributed by atoms with E-state index in [2.05, 4.69) is 42.1 Å². The Morgan fingerprint density at radius 3 is 2.75 bits per heavy atom. The summed E-state index contributed by atoms with van der Waals surface area (Å²) in [7, 11) is 1.71. The summed E-state index contributed by atoms with van der Waals surface area (Å²) >= 11 is 0. The summed E-state index contributed by atoms with van der Waals surface area (Å²) in [6, 6.07) is 9.06. The van der Waals surface area contributed by atoms with E-state index >= 15 is 0 Å². The van der Waals surface area contributed by atoms with Gasteiger partial charge in [0.05, 0.1) is 12.1 Å². The molecule has 168 valence electrons. The van der Waals surface area contributed by atoms with E-state index in [1.165, 1.54) is 6.42 Å². The molecule has 0 radical (unpaired) electrons. The van der Waals surface area contributed by atoms with Crippen LogP contribution in [-0.4, -0.2) is 62.7 Å². The van der Waals surface area contributed by atoms with Crippen LogP contribution in [0, 0.1) is 6.92 Å². The normalized spacial score (nSPS) is 23.1. The number of carbonyl (C=O) groups is 1. The van der Waals surface area contributed by atoms with Crippen LogP contribution in [0.3, 0.4) is 0 Å². The summed E-state index contributed by atoms with van der Waals surface area (Å²) in [5.74, 6) is 2.38. The van der Waals surface area contributed by atoms with Gasteiger partial charge in [-0.05, 0) is 44.7 Å². The Morgan fingerprint density at radius 2 is 2.03 bits per heavy atom. The molecule has 1 amide bonds. The van der Waals surface area contributed by atoms with Crippen LogP contribution in [-0.2, 0) is 4.79 Å². The van der Waals surface area contributed by atoms with Gasteiger partial charge in [0.25, 0.3) is 0 Å². The number of rotatable bonds is 6. The van der Waals surface area contributed by atoms with Gasteiger partial charge in [0.2, 0.25) is 5.91 Å². The second kappa shape index (κ2) is 8.74. The molecule has 9 nitrogen and oxygen atoms in total. The van der Waals surface area contributed by atoms with Crippen LogP contribution >= 0.6 is 0 Å². The lowest BCUT2D eigenvalue weighted by Gasteiger charge is -2.48. The summed E-state index contributed by atoms with van der Waals surface area (Å²) in [5.41, 5.74) is 1.87. The van der Waals surface area contributed by atoms with Crippen molar-refractivity contribution in [1.82, 2.24) is 30.4 Å². The number of anilines is 3. The number of carbonyl (C=O) groups excluding carboxylic acids is 1. The lowest BCUT2D eigenvalue weighted by atomic mass is 9.81. The number of hydrogen-bond acceptors (Lipinski definition) is 7. The first-order valence-electron chi connectivity index (χ1n) is 11.4. The molecule has 0 saturated carbocycles. The van der Waals surface area contributed by atoms with Crippen molar-refractivity contribution in [2.24, 2.45) is 0 Å². The van der Waals surface area contributed by atoms with Gasteiger partial charge in [0.1, 0.15) is 11.6 Å². The second-order valence-electron chi connectivity index (χ2n) is 8.88. The van der Waals surface area contributed by atoms with E-state index in [0.29, 0.717) is 30.5 Å². The predicted molar refractivity (Wildman–Crippen MR) is 125 cm³/mol. The second-order valence-corrected chi connectivity index (χ2v) is 8.88. The van der Waals surface area contributed by atoms with Crippen molar-refractivity contribution in [1.29, 1.82) is 0 Å². The van der Waals surface area contributed by atoms with Gasteiger partial charge in [-0.15, -0.1) is 0 Å². The Morgan fingerprint density at radius 1 is 1.22 bits per heavy atom. The average Bonchev–Trinajstić information content (AvgIpc) is 3.18. The van der Waals surface area contributed by atoms with Crippen molar-refractivity contribution >= 4 is 34.3 Å². The van der Waals surface area contributed by atoms with E-state index in [0.717, 1.165) is 53.9 Å². The summed E-state index contributed by atoms with van der Waals surface area (Å²) in [4.78, 5) is 23.9. The number of nitrogens with one attached hydrogen (secondary N) is 4. The van der Waals surface area contributed by atoms with Gasteiger partial charge in [-0.25, -0.2) is 4.98 Å². The maximum absolute atomic E-state index is 12.0. The Kier molecular flexibility index (Phi) is 5.65. The maximum Gasteiger partial charge on any atom is 0.233 e. The first-order valence-corrected chi connectivity index (χ1v) is 11.4. The topological polar surface area (TPSA) is 111 Å². The minimum atomic E-state index is 0.0967. The van der Waals surface area contributed by atoms with Crippen LogP contribution in [0.4, 0.5) is 17.5 Å². The standard InChI is InChI=1S/C23H30N8O/c1-14-9-21(30-29-14)27-20-12-19-18(7-4-8-25-19)23(28-20)26-15-10-16-5-3-6-17(11-15)31(16)13-22(32)24-2/h4,7-9,12,15-17H,3,5-6,10-11,13H2,1-2H3,(H,24,32)(H3,26,27,28,29,30)/t15?,16-,17+. The number of hydrogen-bond donors (Lipinski definition) is 4. The molecule has 9 heteroatoms. The van der Waals surface area contributed by atoms with E-state index in [9.17, 15) is 4.79 Å². The minimum absolute atomic E-state index is 0.0967. The number of fused-ring (bicyclic) bond motifs is 3.